The Balaban J connectivity index is 1.27. The summed E-state index contributed by atoms with van der Waals surface area (Å²) in [5, 5.41) is 7.18. The molecule has 0 spiro atoms. The van der Waals surface area contributed by atoms with Gasteiger partial charge in [-0.1, -0.05) is 24.6 Å². The van der Waals surface area contributed by atoms with Crippen LogP contribution in [0.15, 0.2) is 36.8 Å². The lowest BCUT2D eigenvalue weighted by molar-refractivity contribution is -0.127. The molecule has 0 radical (unpaired) electrons. The van der Waals surface area contributed by atoms with E-state index >= 15 is 0 Å². The Kier molecular flexibility index (Phi) is 6.07. The van der Waals surface area contributed by atoms with Gasteiger partial charge in [-0.15, -0.1) is 0 Å². The number of aromatic nitrogens is 4. The number of anilines is 2. The first-order valence-corrected chi connectivity index (χ1v) is 12.3. The topological polar surface area (TPSA) is 90.7 Å². The molecule has 1 amide bonds. The van der Waals surface area contributed by atoms with Crippen LogP contribution >= 0.6 is 11.6 Å². The number of nitrogens with zero attached hydrogens (tertiary/aromatic N) is 6. The lowest BCUT2D eigenvalue weighted by Crippen LogP contribution is -2.57. The minimum absolute atomic E-state index is 0.0348. The first kappa shape index (κ1) is 22.9. The van der Waals surface area contributed by atoms with E-state index in [1.165, 1.54) is 0 Å². The molecule has 2 fully saturated rings. The Labute approximate surface area is 204 Å². The van der Waals surface area contributed by atoms with Crippen LogP contribution in [-0.4, -0.2) is 64.0 Å². The van der Waals surface area contributed by atoms with Crippen LogP contribution in [-0.2, 0) is 10.3 Å². The minimum Gasteiger partial charge on any atom is -0.353 e. The molecule has 9 nitrogen and oxygen atoms in total. The van der Waals surface area contributed by atoms with Gasteiger partial charge in [-0.05, 0) is 32.4 Å². The Bertz CT molecular complexity index is 1190. The van der Waals surface area contributed by atoms with Crippen molar-refractivity contribution in [3.8, 4) is 0 Å². The van der Waals surface area contributed by atoms with Gasteiger partial charge in [0.15, 0.2) is 5.82 Å². The van der Waals surface area contributed by atoms with Gasteiger partial charge in [0.2, 0.25) is 11.9 Å². The van der Waals surface area contributed by atoms with Crippen molar-refractivity contribution in [1.29, 1.82) is 0 Å². The third-order valence-electron chi connectivity index (χ3n) is 7.11. The molecule has 5 heterocycles. The molecule has 3 aromatic heterocycles. The third-order valence-corrected chi connectivity index (χ3v) is 7.38. The molecule has 0 bridgehead atoms. The monoisotopic (exact) mass is 482 g/mol. The van der Waals surface area contributed by atoms with Crippen LogP contribution in [0.5, 0.6) is 0 Å². The van der Waals surface area contributed by atoms with Gasteiger partial charge in [-0.2, -0.15) is 4.98 Å². The van der Waals surface area contributed by atoms with Crippen LogP contribution in [0.25, 0.3) is 5.65 Å². The molecule has 2 atom stereocenters. The van der Waals surface area contributed by atoms with Crippen molar-refractivity contribution in [3.63, 3.8) is 0 Å². The van der Waals surface area contributed by atoms with Gasteiger partial charge in [0.25, 0.3) is 0 Å². The Hall–Kier alpha value is -2.91. The van der Waals surface area contributed by atoms with Crippen molar-refractivity contribution < 1.29 is 4.79 Å². The number of halogens is 1. The molecule has 5 rings (SSSR count). The van der Waals surface area contributed by atoms with Crippen molar-refractivity contribution in [2.75, 3.05) is 42.5 Å². The van der Waals surface area contributed by atoms with Crippen LogP contribution in [0.1, 0.15) is 32.9 Å². The molecule has 0 saturated carbocycles. The summed E-state index contributed by atoms with van der Waals surface area (Å²) in [6.45, 7) is 10.1. The molecule has 2 aliphatic rings. The van der Waals surface area contributed by atoms with Crippen molar-refractivity contribution in [2.45, 2.75) is 38.8 Å². The summed E-state index contributed by atoms with van der Waals surface area (Å²) in [6.07, 6.45) is 6.25. The number of hydrogen-bond acceptors (Lipinski definition) is 7. The standard InChI is InChI=1S/C24H31ClN8O/c1-4-24(3,19-13-27-20-7-5-6-9-33(19)20)30-22(34)17-14-31(15-17)21-18(25)12-28-23(29-21)32-10-8-26-11-16(32)2/h5-7,9,12-13,16-17,26H,4,8,10-11,14-15H2,1-3H3,(H,30,34)/t16-,24?/m0/s1. The fourth-order valence-electron chi connectivity index (χ4n) is 4.71. The molecule has 2 saturated heterocycles. The van der Waals surface area contributed by atoms with Crippen molar-refractivity contribution in [2.24, 2.45) is 5.92 Å². The van der Waals surface area contributed by atoms with Crippen molar-refractivity contribution in [1.82, 2.24) is 30.0 Å². The van der Waals surface area contributed by atoms with Crippen LogP contribution in [0.3, 0.4) is 0 Å². The number of pyridine rings is 1. The maximum absolute atomic E-state index is 13.2. The summed E-state index contributed by atoms with van der Waals surface area (Å²) < 4.78 is 2.04. The summed E-state index contributed by atoms with van der Waals surface area (Å²) >= 11 is 6.45. The zero-order chi connectivity index (χ0) is 23.9. The van der Waals surface area contributed by atoms with E-state index < -0.39 is 5.54 Å². The Morgan fingerprint density at radius 1 is 1.29 bits per heavy atom. The number of amides is 1. The number of imidazole rings is 1. The maximum Gasteiger partial charge on any atom is 0.227 e. The van der Waals surface area contributed by atoms with Crippen LogP contribution in [0.2, 0.25) is 5.02 Å². The summed E-state index contributed by atoms with van der Waals surface area (Å²) in [6, 6.07) is 6.21. The number of hydrogen-bond donors (Lipinski definition) is 2. The quantitative estimate of drug-likeness (QED) is 0.557. The second kappa shape index (κ2) is 9.03. The highest BCUT2D eigenvalue weighted by atomic mass is 35.5. The van der Waals surface area contributed by atoms with Gasteiger partial charge in [0.1, 0.15) is 10.7 Å². The minimum atomic E-state index is -0.517. The number of carbonyl (C=O) groups excluding carboxylic acids is 1. The largest absolute Gasteiger partial charge is 0.353 e. The third kappa shape index (κ3) is 4.07. The summed E-state index contributed by atoms with van der Waals surface area (Å²) in [4.78, 5) is 31.2. The SMILES string of the molecule is CCC(C)(NC(=O)C1CN(c2nc(N3CCNC[C@@H]3C)ncc2Cl)C1)c1cnc2ccccn12. The fourth-order valence-corrected chi connectivity index (χ4v) is 4.92. The van der Waals surface area contributed by atoms with Crippen molar-refractivity contribution >= 4 is 34.9 Å². The molecule has 3 aromatic rings. The Morgan fingerprint density at radius 2 is 2.12 bits per heavy atom. The second-order valence-electron chi connectivity index (χ2n) is 9.44. The van der Waals surface area contributed by atoms with Crippen LogP contribution in [0.4, 0.5) is 11.8 Å². The molecule has 2 N–H and O–H groups in total. The van der Waals surface area contributed by atoms with Gasteiger partial charge < -0.3 is 24.8 Å². The Morgan fingerprint density at radius 3 is 2.88 bits per heavy atom. The smallest absolute Gasteiger partial charge is 0.227 e. The molecular weight excluding hydrogens is 452 g/mol. The van der Waals surface area contributed by atoms with E-state index in [2.05, 4.69) is 51.2 Å². The normalized spacial score (nSPS) is 20.8. The van der Waals surface area contributed by atoms with E-state index in [0.29, 0.717) is 35.9 Å². The fraction of sp³-hybridized carbons (Fsp3) is 0.500. The van der Waals surface area contributed by atoms with Gasteiger partial charge in [0, 0.05) is 45.0 Å². The molecule has 1 unspecified atom stereocenters. The number of rotatable bonds is 6. The molecule has 34 heavy (non-hydrogen) atoms. The maximum atomic E-state index is 13.2. The zero-order valence-corrected chi connectivity index (χ0v) is 20.6. The number of carbonyl (C=O) groups is 1. The van der Waals surface area contributed by atoms with E-state index in [0.717, 1.165) is 37.4 Å². The summed E-state index contributed by atoms with van der Waals surface area (Å²) in [5.41, 5.74) is 1.33. The zero-order valence-electron chi connectivity index (χ0n) is 19.8. The van der Waals surface area contributed by atoms with Crippen LogP contribution < -0.4 is 20.4 Å². The summed E-state index contributed by atoms with van der Waals surface area (Å²) in [5.74, 6) is 1.29. The van der Waals surface area contributed by atoms with Crippen LogP contribution in [0, 0.1) is 5.92 Å². The van der Waals surface area contributed by atoms with E-state index in [9.17, 15) is 4.79 Å². The molecule has 0 aromatic carbocycles. The van der Waals surface area contributed by atoms with E-state index in [1.54, 1.807) is 6.20 Å². The van der Waals surface area contributed by atoms with Gasteiger partial charge in [-0.3, -0.25) is 4.79 Å². The second-order valence-corrected chi connectivity index (χ2v) is 9.84. The number of nitrogens with one attached hydrogen (secondary N) is 2. The lowest BCUT2D eigenvalue weighted by Gasteiger charge is -2.42. The highest BCUT2D eigenvalue weighted by molar-refractivity contribution is 6.32. The van der Waals surface area contributed by atoms with Gasteiger partial charge >= 0.3 is 0 Å². The highest BCUT2D eigenvalue weighted by Crippen LogP contribution is 2.32. The first-order chi connectivity index (χ1) is 16.4. The van der Waals surface area contributed by atoms with E-state index in [-0.39, 0.29) is 11.8 Å². The van der Waals surface area contributed by atoms with Crippen molar-refractivity contribution in [3.05, 3.63) is 47.5 Å². The van der Waals surface area contributed by atoms with Gasteiger partial charge in [-0.25, -0.2) is 9.97 Å². The number of fused-ring (bicyclic) bond motifs is 1. The van der Waals surface area contributed by atoms with E-state index in [1.807, 2.05) is 35.0 Å². The highest BCUT2D eigenvalue weighted by Gasteiger charge is 2.39. The molecule has 10 heteroatoms. The molecule has 2 aliphatic heterocycles. The lowest BCUT2D eigenvalue weighted by atomic mass is 9.91. The molecule has 180 valence electrons. The van der Waals surface area contributed by atoms with Gasteiger partial charge in [0.05, 0.1) is 29.5 Å². The first-order valence-electron chi connectivity index (χ1n) is 11.9. The predicted molar refractivity (Wildman–Crippen MR) is 133 cm³/mol. The van der Waals surface area contributed by atoms with E-state index in [4.69, 9.17) is 16.6 Å². The molecular formula is C24H31ClN8O. The average Bonchev–Trinajstić information content (AvgIpc) is 3.25. The average molecular weight is 483 g/mol. The predicted octanol–water partition coefficient (Wildman–Crippen LogP) is 2.45. The summed E-state index contributed by atoms with van der Waals surface area (Å²) in [7, 11) is 0. The number of piperazine rings is 1. The molecule has 0 aliphatic carbocycles.